The minimum absolute atomic E-state index is 0.0284. The molecule has 0 saturated heterocycles. The number of hydrogen-bond donors (Lipinski definition) is 0. The summed E-state index contributed by atoms with van der Waals surface area (Å²) in [5, 5.41) is 10.9. The van der Waals surface area contributed by atoms with Crippen molar-refractivity contribution in [2.75, 3.05) is 0 Å². The second-order valence-corrected chi connectivity index (χ2v) is 5.51. The molecule has 1 unspecified atom stereocenters. The van der Waals surface area contributed by atoms with E-state index in [1.807, 2.05) is 0 Å². The fourth-order valence-corrected chi connectivity index (χ4v) is 2.72. The van der Waals surface area contributed by atoms with E-state index in [9.17, 15) is 14.5 Å². The van der Waals surface area contributed by atoms with Crippen LogP contribution in [0, 0.1) is 22.9 Å². The Kier molecular flexibility index (Phi) is 4.88. The van der Waals surface area contributed by atoms with Gasteiger partial charge in [0.15, 0.2) is 0 Å². The van der Waals surface area contributed by atoms with E-state index < -0.39 is 16.8 Å². The molecule has 0 bridgehead atoms. The Bertz CT molecular complexity index is 737. The Hall–Kier alpha value is -1.85. The van der Waals surface area contributed by atoms with Crippen molar-refractivity contribution in [1.29, 1.82) is 0 Å². The maximum absolute atomic E-state index is 13.6. The van der Waals surface area contributed by atoms with E-state index in [1.165, 1.54) is 30.3 Å². The first-order valence-corrected chi connectivity index (χ1v) is 7.12. The molecule has 0 aliphatic rings. The molecule has 4 nitrogen and oxygen atoms in total. The van der Waals surface area contributed by atoms with Gasteiger partial charge >= 0.3 is 0 Å². The highest BCUT2D eigenvalue weighted by atomic mass is 35.5. The molecular weight excluding hydrogens is 332 g/mol. The lowest BCUT2D eigenvalue weighted by molar-refractivity contribution is -0.384. The molecule has 7 heteroatoms. The summed E-state index contributed by atoms with van der Waals surface area (Å²) in [5.74, 6) is -0.147. The molecule has 116 valence electrons. The van der Waals surface area contributed by atoms with Gasteiger partial charge in [0.2, 0.25) is 0 Å². The van der Waals surface area contributed by atoms with Gasteiger partial charge in [-0.15, -0.1) is 0 Å². The van der Waals surface area contributed by atoms with Gasteiger partial charge in [-0.1, -0.05) is 23.2 Å². The number of benzene rings is 2. The molecule has 0 fully saturated rings. The predicted molar refractivity (Wildman–Crippen MR) is 83.3 cm³/mol. The summed E-state index contributed by atoms with van der Waals surface area (Å²) in [4.78, 5) is 10.2. The van der Waals surface area contributed by atoms with Crippen molar-refractivity contribution in [3.63, 3.8) is 0 Å². The number of aryl methyl sites for hydroxylation is 1. The predicted octanol–water partition coefficient (Wildman–Crippen LogP) is 5.49. The van der Waals surface area contributed by atoms with Gasteiger partial charge in [-0.3, -0.25) is 10.1 Å². The lowest BCUT2D eigenvalue weighted by atomic mass is 10.1. The first-order valence-electron chi connectivity index (χ1n) is 6.36. The Morgan fingerprint density at radius 1 is 1.27 bits per heavy atom. The third kappa shape index (κ3) is 3.31. The SMILES string of the molecule is Cc1cc([N+](=O)[O-])ccc1OC(C)c1c(Cl)ccc(F)c1Cl. The molecule has 0 aliphatic carbocycles. The molecule has 2 rings (SSSR count). The third-order valence-electron chi connectivity index (χ3n) is 3.16. The molecule has 0 spiro atoms. The molecule has 0 N–H and O–H groups in total. The first-order chi connectivity index (χ1) is 10.3. The zero-order chi connectivity index (χ0) is 16.4. The van der Waals surface area contributed by atoms with Gasteiger partial charge in [-0.2, -0.15) is 0 Å². The standard InChI is InChI=1S/C15H12Cl2FNO3/c1-8-7-10(19(20)21)3-6-13(8)22-9(2)14-11(16)4-5-12(18)15(14)17/h3-7,9H,1-2H3. The number of non-ortho nitro benzene ring substituents is 1. The van der Waals surface area contributed by atoms with Crippen LogP contribution in [0.15, 0.2) is 30.3 Å². The van der Waals surface area contributed by atoms with Crippen molar-refractivity contribution in [2.24, 2.45) is 0 Å². The summed E-state index contributed by atoms with van der Waals surface area (Å²) in [6.07, 6.45) is -0.615. The summed E-state index contributed by atoms with van der Waals surface area (Å²) >= 11 is 12.0. The number of ether oxygens (including phenoxy) is 1. The Labute approximate surface area is 136 Å². The molecule has 0 heterocycles. The van der Waals surface area contributed by atoms with E-state index in [2.05, 4.69) is 0 Å². The molecule has 2 aromatic rings. The number of hydrogen-bond acceptors (Lipinski definition) is 3. The maximum Gasteiger partial charge on any atom is 0.269 e. The summed E-state index contributed by atoms with van der Waals surface area (Å²) in [6, 6.07) is 6.81. The topological polar surface area (TPSA) is 52.4 Å². The van der Waals surface area contributed by atoms with Crippen LogP contribution in [0.3, 0.4) is 0 Å². The lowest BCUT2D eigenvalue weighted by Crippen LogP contribution is -2.06. The van der Waals surface area contributed by atoms with Crippen LogP contribution in [0.4, 0.5) is 10.1 Å². The van der Waals surface area contributed by atoms with E-state index in [1.54, 1.807) is 13.8 Å². The van der Waals surface area contributed by atoms with Crippen LogP contribution >= 0.6 is 23.2 Å². The highest BCUT2D eigenvalue weighted by Gasteiger charge is 2.19. The molecule has 0 saturated carbocycles. The van der Waals surface area contributed by atoms with Gasteiger partial charge in [0.1, 0.15) is 17.7 Å². The average Bonchev–Trinajstić information content (AvgIpc) is 2.45. The molecule has 2 aromatic carbocycles. The number of nitro benzene ring substituents is 1. The van der Waals surface area contributed by atoms with Crippen molar-refractivity contribution in [3.8, 4) is 5.75 Å². The minimum Gasteiger partial charge on any atom is -0.486 e. The van der Waals surface area contributed by atoms with E-state index in [4.69, 9.17) is 27.9 Å². The van der Waals surface area contributed by atoms with Crippen LogP contribution in [0.2, 0.25) is 10.0 Å². The zero-order valence-corrected chi connectivity index (χ0v) is 13.3. The zero-order valence-electron chi connectivity index (χ0n) is 11.8. The van der Waals surface area contributed by atoms with Crippen LogP contribution in [0.25, 0.3) is 0 Å². The Morgan fingerprint density at radius 2 is 1.95 bits per heavy atom. The molecule has 0 radical (unpaired) electrons. The number of nitro groups is 1. The maximum atomic E-state index is 13.6. The quantitative estimate of drug-likeness (QED) is 0.419. The molecule has 1 atom stereocenters. The molecule has 0 aromatic heterocycles. The van der Waals surface area contributed by atoms with Crippen LogP contribution in [0.1, 0.15) is 24.2 Å². The van der Waals surface area contributed by atoms with Gasteiger partial charge in [-0.05, 0) is 37.6 Å². The Morgan fingerprint density at radius 3 is 2.55 bits per heavy atom. The largest absolute Gasteiger partial charge is 0.486 e. The summed E-state index contributed by atoms with van der Waals surface area (Å²) in [5.41, 5.74) is 0.894. The highest BCUT2D eigenvalue weighted by Crippen LogP contribution is 2.36. The normalized spacial score (nSPS) is 12.0. The number of rotatable bonds is 4. The smallest absolute Gasteiger partial charge is 0.269 e. The van der Waals surface area contributed by atoms with Crippen molar-refractivity contribution in [2.45, 2.75) is 20.0 Å². The summed E-state index contributed by atoms with van der Waals surface area (Å²) in [7, 11) is 0. The van der Waals surface area contributed by atoms with Crippen LogP contribution in [-0.4, -0.2) is 4.92 Å². The van der Waals surface area contributed by atoms with E-state index in [0.717, 1.165) is 0 Å². The third-order valence-corrected chi connectivity index (χ3v) is 3.87. The minimum atomic E-state index is -0.615. The second kappa shape index (κ2) is 6.50. The summed E-state index contributed by atoms with van der Waals surface area (Å²) < 4.78 is 19.3. The van der Waals surface area contributed by atoms with Crippen LogP contribution < -0.4 is 4.74 Å². The molecule has 22 heavy (non-hydrogen) atoms. The molecule has 0 amide bonds. The van der Waals surface area contributed by atoms with E-state index in [0.29, 0.717) is 21.9 Å². The molecular formula is C15H12Cl2FNO3. The monoisotopic (exact) mass is 343 g/mol. The fourth-order valence-electron chi connectivity index (χ4n) is 2.04. The average molecular weight is 344 g/mol. The number of nitrogens with zero attached hydrogens (tertiary/aromatic N) is 1. The van der Waals surface area contributed by atoms with E-state index >= 15 is 0 Å². The van der Waals surface area contributed by atoms with Gasteiger partial charge in [0.25, 0.3) is 5.69 Å². The van der Waals surface area contributed by atoms with E-state index in [-0.39, 0.29) is 10.7 Å². The van der Waals surface area contributed by atoms with Crippen molar-refractivity contribution in [3.05, 3.63) is 67.4 Å². The first kappa shape index (κ1) is 16.5. The highest BCUT2D eigenvalue weighted by molar-refractivity contribution is 6.36. The van der Waals surface area contributed by atoms with Crippen molar-refractivity contribution >= 4 is 28.9 Å². The van der Waals surface area contributed by atoms with Crippen LogP contribution in [0.5, 0.6) is 5.75 Å². The van der Waals surface area contributed by atoms with Crippen LogP contribution in [-0.2, 0) is 0 Å². The van der Waals surface area contributed by atoms with Crippen molar-refractivity contribution in [1.82, 2.24) is 0 Å². The molecule has 0 aliphatic heterocycles. The second-order valence-electron chi connectivity index (χ2n) is 4.72. The fraction of sp³-hybridized carbons (Fsp3) is 0.200. The summed E-state index contributed by atoms with van der Waals surface area (Å²) in [6.45, 7) is 3.36. The van der Waals surface area contributed by atoms with Gasteiger partial charge in [0, 0.05) is 22.7 Å². The Balaban J connectivity index is 2.32. The number of halogens is 3. The van der Waals surface area contributed by atoms with Gasteiger partial charge in [0.05, 0.1) is 9.95 Å². The van der Waals surface area contributed by atoms with Gasteiger partial charge in [-0.25, -0.2) is 4.39 Å². The lowest BCUT2D eigenvalue weighted by Gasteiger charge is -2.19. The van der Waals surface area contributed by atoms with Crippen molar-refractivity contribution < 1.29 is 14.1 Å². The van der Waals surface area contributed by atoms with Gasteiger partial charge < -0.3 is 4.74 Å².